The molecule has 0 saturated heterocycles. The number of nitrogens with zero attached hydrogens (tertiary/aromatic N) is 2. The minimum atomic E-state index is -4.15. The Bertz CT molecular complexity index is 1510. The maximum atomic E-state index is 13.2. The smallest absolute Gasteiger partial charge is 0.323 e. The third-order valence-electron chi connectivity index (χ3n) is 6.68. The lowest BCUT2D eigenvalue weighted by atomic mass is 10.1. The first kappa shape index (κ1) is 29.2. The molecular weight excluding hydrogens is 534 g/mol. The lowest BCUT2D eigenvalue weighted by Crippen LogP contribution is -2.53. The molecule has 0 fully saturated rings. The highest BCUT2D eigenvalue weighted by molar-refractivity contribution is 7.89. The van der Waals surface area contributed by atoms with Crippen molar-refractivity contribution in [3.63, 3.8) is 0 Å². The van der Waals surface area contributed by atoms with Crippen LogP contribution >= 0.6 is 0 Å². The summed E-state index contributed by atoms with van der Waals surface area (Å²) in [4.78, 5) is 25.1. The van der Waals surface area contributed by atoms with Crippen molar-refractivity contribution in [3.8, 4) is 0 Å². The van der Waals surface area contributed by atoms with E-state index in [1.54, 1.807) is 55.9 Å². The Hall–Kier alpha value is -3.78. The first-order valence-electron chi connectivity index (χ1n) is 13.0. The van der Waals surface area contributed by atoms with Crippen LogP contribution in [-0.4, -0.2) is 67.1 Å². The highest BCUT2D eigenvalue weighted by atomic mass is 32.2. The molecule has 0 spiro atoms. The van der Waals surface area contributed by atoms with Crippen molar-refractivity contribution in [2.45, 2.75) is 43.9 Å². The van der Waals surface area contributed by atoms with Crippen LogP contribution in [0.15, 0.2) is 53.6 Å². The van der Waals surface area contributed by atoms with Gasteiger partial charge in [0.1, 0.15) is 12.3 Å². The van der Waals surface area contributed by atoms with Gasteiger partial charge in [0.25, 0.3) is 5.91 Å². The van der Waals surface area contributed by atoms with Gasteiger partial charge in [-0.05, 0) is 56.6 Å². The highest BCUT2D eigenvalue weighted by Crippen LogP contribution is 2.23. The third kappa shape index (κ3) is 6.67. The van der Waals surface area contributed by atoms with Gasteiger partial charge in [-0.2, -0.15) is 9.82 Å². The zero-order valence-electron chi connectivity index (χ0n) is 22.7. The number of carbonyl (C=O) groups excluding carboxylic acids is 1. The number of hydrogen-bond acceptors (Lipinski definition) is 8. The molecule has 2 aromatic carbocycles. The number of rotatable bonds is 12. The molecule has 2 atom stereocenters. The number of amides is 1. The molecule has 0 aliphatic carbocycles. The minimum absolute atomic E-state index is 0.0145. The Morgan fingerprint density at radius 3 is 2.58 bits per heavy atom. The van der Waals surface area contributed by atoms with E-state index in [1.807, 2.05) is 18.3 Å². The van der Waals surface area contributed by atoms with E-state index in [2.05, 4.69) is 31.1 Å². The zero-order valence-corrected chi connectivity index (χ0v) is 23.5. The van der Waals surface area contributed by atoms with Gasteiger partial charge in [0, 0.05) is 25.5 Å². The van der Waals surface area contributed by atoms with E-state index < -0.39 is 34.5 Å². The van der Waals surface area contributed by atoms with Crippen LogP contribution in [0.25, 0.3) is 10.9 Å². The quantitative estimate of drug-likeness (QED) is 0.174. The van der Waals surface area contributed by atoms with Crippen molar-refractivity contribution >= 4 is 32.8 Å². The Morgan fingerprint density at radius 1 is 1.18 bits per heavy atom. The number of para-hydroxylation sites is 1. The Labute approximate surface area is 233 Å². The molecule has 1 aliphatic rings. The van der Waals surface area contributed by atoms with Crippen LogP contribution < -0.4 is 26.0 Å². The van der Waals surface area contributed by atoms with Crippen LogP contribution in [0.2, 0.25) is 0 Å². The average molecular weight is 570 g/mol. The minimum Gasteiger partial charge on any atom is -0.480 e. The van der Waals surface area contributed by atoms with Gasteiger partial charge in [0.2, 0.25) is 10.0 Å². The predicted molar refractivity (Wildman–Crippen MR) is 151 cm³/mol. The number of aromatic nitrogens is 2. The van der Waals surface area contributed by atoms with Crippen LogP contribution in [-0.2, 0) is 28.3 Å². The lowest BCUT2D eigenvalue weighted by Gasteiger charge is -2.22. The molecule has 3 aromatic rings. The second kappa shape index (κ2) is 12.6. The Kier molecular flexibility index (Phi) is 9.20. The molecule has 2 heterocycles. The van der Waals surface area contributed by atoms with Gasteiger partial charge in [-0.15, -0.1) is 0 Å². The molecule has 40 heavy (non-hydrogen) atoms. The summed E-state index contributed by atoms with van der Waals surface area (Å²) < 4.78 is 29.9. The van der Waals surface area contributed by atoms with Crippen LogP contribution in [0.4, 0.5) is 0 Å². The zero-order chi connectivity index (χ0) is 28.9. The third-order valence-corrected chi connectivity index (χ3v) is 8.46. The van der Waals surface area contributed by atoms with Crippen LogP contribution in [0.3, 0.4) is 0 Å². The molecule has 0 bridgehead atoms. The number of fused-ring (bicyclic) bond motifs is 1. The fraction of sp³-hybridized carbons (Fsp3) is 0.370. The molecule has 12 nitrogen and oxygen atoms in total. The number of hydrogen-bond donors (Lipinski definition) is 6. The van der Waals surface area contributed by atoms with E-state index in [0.717, 1.165) is 30.6 Å². The van der Waals surface area contributed by atoms with E-state index in [0.29, 0.717) is 28.6 Å². The number of carboxylic acid groups (broad SMARTS) is 1. The van der Waals surface area contributed by atoms with Crippen molar-refractivity contribution in [1.29, 1.82) is 0 Å². The first-order chi connectivity index (χ1) is 19.1. The SMILES string of the molecule is Cc1cccc(C)c1S(=O)(=O)NC(CNC(=O)c1cccc2c(CCCNC3NC=CCN3)nn(C)c12)C(=O)O. The summed E-state index contributed by atoms with van der Waals surface area (Å²) in [7, 11) is -2.40. The van der Waals surface area contributed by atoms with Crippen molar-refractivity contribution in [2.24, 2.45) is 7.05 Å². The van der Waals surface area contributed by atoms with Gasteiger partial charge >= 0.3 is 5.97 Å². The molecular formula is C27H35N7O5S. The first-order valence-corrected chi connectivity index (χ1v) is 14.5. The summed E-state index contributed by atoms with van der Waals surface area (Å²) in [5, 5.41) is 27.6. The lowest BCUT2D eigenvalue weighted by molar-refractivity contribution is -0.138. The van der Waals surface area contributed by atoms with E-state index in [1.165, 1.54) is 0 Å². The summed E-state index contributed by atoms with van der Waals surface area (Å²) in [5.41, 5.74) is 2.78. The maximum Gasteiger partial charge on any atom is 0.323 e. The second-order valence-electron chi connectivity index (χ2n) is 9.68. The van der Waals surface area contributed by atoms with Gasteiger partial charge in [0.05, 0.1) is 21.7 Å². The number of sulfonamides is 1. The number of carboxylic acids is 1. The van der Waals surface area contributed by atoms with Gasteiger partial charge in [0.15, 0.2) is 0 Å². The molecule has 6 N–H and O–H groups in total. The van der Waals surface area contributed by atoms with Crippen LogP contribution in [0.1, 0.15) is 33.6 Å². The fourth-order valence-corrected chi connectivity index (χ4v) is 6.48. The number of aliphatic carboxylic acids is 1. The monoisotopic (exact) mass is 569 g/mol. The number of benzene rings is 2. The average Bonchev–Trinajstić information content (AvgIpc) is 3.24. The normalized spacial score (nSPS) is 16.0. The van der Waals surface area contributed by atoms with E-state index >= 15 is 0 Å². The topological polar surface area (TPSA) is 166 Å². The number of nitrogens with one attached hydrogen (secondary N) is 5. The summed E-state index contributed by atoms with van der Waals surface area (Å²) in [6, 6.07) is 8.73. The molecule has 13 heteroatoms. The number of carbonyl (C=O) groups is 2. The standard InChI is InChI=1S/C27H35N7O5S/c1-17-8-4-9-18(2)24(17)40(38,39)33-22(26(36)37)16-31-25(35)20-11-5-10-19-21(32-34(3)23(19)20)12-6-13-28-27-29-14-7-15-30-27/h4-5,7-11,14,22,27-30,33H,6,12-13,15-16H2,1-3H3,(H,31,35)(H,36,37). The van der Waals surface area contributed by atoms with Crippen molar-refractivity contribution in [3.05, 3.63) is 71.1 Å². The summed E-state index contributed by atoms with van der Waals surface area (Å²) in [5.74, 6) is -1.93. The molecule has 214 valence electrons. The summed E-state index contributed by atoms with van der Waals surface area (Å²) >= 11 is 0. The van der Waals surface area contributed by atoms with Gasteiger partial charge in [-0.3, -0.25) is 24.9 Å². The summed E-state index contributed by atoms with van der Waals surface area (Å²) in [6.07, 6.45) is 5.44. The van der Waals surface area contributed by atoms with E-state index in [-0.39, 0.29) is 11.2 Å². The second-order valence-corrected chi connectivity index (χ2v) is 11.3. The van der Waals surface area contributed by atoms with Gasteiger partial charge in [-0.25, -0.2) is 8.42 Å². The van der Waals surface area contributed by atoms with Crippen LogP contribution in [0.5, 0.6) is 0 Å². The maximum absolute atomic E-state index is 13.2. The molecule has 1 amide bonds. The van der Waals surface area contributed by atoms with Crippen molar-refractivity contribution in [1.82, 2.24) is 35.8 Å². The summed E-state index contributed by atoms with van der Waals surface area (Å²) in [6.45, 7) is 4.39. The molecule has 1 aromatic heterocycles. The Morgan fingerprint density at radius 2 is 1.90 bits per heavy atom. The van der Waals surface area contributed by atoms with Crippen molar-refractivity contribution in [2.75, 3.05) is 19.6 Å². The van der Waals surface area contributed by atoms with Crippen LogP contribution in [0, 0.1) is 13.8 Å². The van der Waals surface area contributed by atoms with E-state index in [9.17, 15) is 23.1 Å². The highest BCUT2D eigenvalue weighted by Gasteiger charge is 2.28. The van der Waals surface area contributed by atoms with Crippen molar-refractivity contribution < 1.29 is 23.1 Å². The molecule has 0 saturated carbocycles. The largest absolute Gasteiger partial charge is 0.480 e. The Balaban J connectivity index is 1.43. The van der Waals surface area contributed by atoms with E-state index in [4.69, 9.17) is 0 Å². The molecule has 0 radical (unpaired) electrons. The molecule has 1 aliphatic heterocycles. The molecule has 2 unspecified atom stereocenters. The number of aryl methyl sites for hydroxylation is 4. The van der Waals surface area contributed by atoms with Gasteiger partial charge < -0.3 is 15.7 Å². The fourth-order valence-electron chi connectivity index (χ4n) is 4.82. The molecule has 4 rings (SSSR count). The predicted octanol–water partition coefficient (Wildman–Crippen LogP) is 0.864. The van der Waals surface area contributed by atoms with Gasteiger partial charge in [-0.1, -0.05) is 36.4 Å².